The quantitative estimate of drug-likeness (QED) is 0.162. The number of benzene rings is 1. The van der Waals surface area contributed by atoms with Crippen LogP contribution in [0.5, 0.6) is 0 Å². The molecule has 0 saturated heterocycles. The zero-order chi connectivity index (χ0) is 23.9. The third-order valence-electron chi connectivity index (χ3n) is 5.76. The molecule has 182 valence electrons. The number of hydrogen-bond donors (Lipinski definition) is 2. The van der Waals surface area contributed by atoms with E-state index >= 15 is 0 Å². The largest absolute Gasteiger partial charge is 0.481 e. The summed E-state index contributed by atoms with van der Waals surface area (Å²) in [5.74, 6) is -1.66. The Labute approximate surface area is 206 Å². The van der Waals surface area contributed by atoms with Gasteiger partial charge in [-0.05, 0) is 62.1 Å². The Bertz CT molecular complexity index is 829. The minimum Gasteiger partial charge on any atom is -0.481 e. The number of aromatic carboxylic acids is 1. The third kappa shape index (κ3) is 11.3. The van der Waals surface area contributed by atoms with Crippen LogP contribution in [0, 0.1) is 0 Å². The van der Waals surface area contributed by atoms with Crippen LogP contribution in [0.4, 0.5) is 0 Å². The van der Waals surface area contributed by atoms with Crippen molar-refractivity contribution in [3.05, 3.63) is 51.7 Å². The van der Waals surface area contributed by atoms with Crippen molar-refractivity contribution in [3.8, 4) is 0 Å². The monoisotopic (exact) mass is 490 g/mol. The van der Waals surface area contributed by atoms with E-state index in [2.05, 4.69) is 19.1 Å². The average Bonchev–Trinajstić information content (AvgIpc) is 3.26. The first-order valence-corrected chi connectivity index (χ1v) is 14.0. The van der Waals surface area contributed by atoms with Crippen LogP contribution in [0.25, 0.3) is 0 Å². The highest BCUT2D eigenvalue weighted by molar-refractivity contribution is 7.99. The lowest BCUT2D eigenvalue weighted by atomic mass is 10.1. The van der Waals surface area contributed by atoms with Crippen LogP contribution in [0.1, 0.15) is 109 Å². The number of carbonyl (C=O) groups is 2. The van der Waals surface area contributed by atoms with Gasteiger partial charge in [-0.1, -0.05) is 58.3 Å². The summed E-state index contributed by atoms with van der Waals surface area (Å²) in [6, 6.07) is 11.5. The molecule has 0 aliphatic rings. The molecule has 1 aromatic heterocycles. The highest BCUT2D eigenvalue weighted by atomic mass is 32.2. The Balaban J connectivity index is 1.89. The van der Waals surface area contributed by atoms with E-state index in [1.165, 1.54) is 61.1 Å². The lowest BCUT2D eigenvalue weighted by Crippen LogP contribution is -1.97. The molecule has 0 amide bonds. The van der Waals surface area contributed by atoms with Gasteiger partial charge in [0.05, 0.1) is 5.56 Å². The van der Waals surface area contributed by atoms with Gasteiger partial charge in [0.1, 0.15) is 0 Å². The van der Waals surface area contributed by atoms with E-state index in [0.717, 1.165) is 24.2 Å². The maximum absolute atomic E-state index is 11.1. The maximum atomic E-state index is 11.1. The van der Waals surface area contributed by atoms with Gasteiger partial charge in [0, 0.05) is 26.3 Å². The molecule has 2 rings (SSSR count). The van der Waals surface area contributed by atoms with Crippen LogP contribution in [0.15, 0.2) is 41.3 Å². The van der Waals surface area contributed by atoms with E-state index in [1.54, 1.807) is 23.9 Å². The minimum absolute atomic E-state index is 0.207. The molecule has 0 aliphatic carbocycles. The van der Waals surface area contributed by atoms with Gasteiger partial charge >= 0.3 is 11.9 Å². The highest BCUT2D eigenvalue weighted by Crippen LogP contribution is 2.42. The van der Waals surface area contributed by atoms with Gasteiger partial charge in [-0.3, -0.25) is 4.79 Å². The standard InChI is InChI=1S/C27H38O4S2/c1-2-3-4-5-6-7-8-9-12-22-19-20-25(32-22)24(13-10-11-14-26(28)29)33-23-17-15-21(16-18-23)27(30)31/h15-20,24H,2-14H2,1H3,(H,28,29)(H,30,31). The Hall–Kier alpha value is -1.79. The van der Waals surface area contributed by atoms with E-state index in [9.17, 15) is 9.59 Å². The molecule has 33 heavy (non-hydrogen) atoms. The average molecular weight is 491 g/mol. The van der Waals surface area contributed by atoms with Crippen LogP contribution >= 0.6 is 23.1 Å². The molecule has 4 nitrogen and oxygen atoms in total. The van der Waals surface area contributed by atoms with Crippen molar-refractivity contribution >= 4 is 35.0 Å². The van der Waals surface area contributed by atoms with Crippen molar-refractivity contribution in [2.45, 2.75) is 101 Å². The van der Waals surface area contributed by atoms with Crippen LogP contribution in [-0.2, 0) is 11.2 Å². The van der Waals surface area contributed by atoms with Crippen molar-refractivity contribution in [1.29, 1.82) is 0 Å². The topological polar surface area (TPSA) is 74.6 Å². The third-order valence-corrected chi connectivity index (χ3v) is 8.49. The van der Waals surface area contributed by atoms with E-state index in [1.807, 2.05) is 23.5 Å². The van der Waals surface area contributed by atoms with E-state index < -0.39 is 11.9 Å². The van der Waals surface area contributed by atoms with E-state index in [0.29, 0.717) is 12.0 Å². The van der Waals surface area contributed by atoms with Gasteiger partial charge in [0.25, 0.3) is 0 Å². The summed E-state index contributed by atoms with van der Waals surface area (Å²) in [6.45, 7) is 2.25. The number of thioether (sulfide) groups is 1. The fraction of sp³-hybridized carbons (Fsp3) is 0.556. The Morgan fingerprint density at radius 1 is 0.848 bits per heavy atom. The molecular formula is C27H38O4S2. The Morgan fingerprint density at radius 3 is 2.15 bits per heavy atom. The SMILES string of the molecule is CCCCCCCCCCc1ccc(C(CCCCC(=O)O)Sc2ccc(C(=O)O)cc2)s1. The van der Waals surface area contributed by atoms with Gasteiger partial charge in [0.2, 0.25) is 0 Å². The first-order chi connectivity index (χ1) is 16.0. The zero-order valence-corrected chi connectivity index (χ0v) is 21.4. The van der Waals surface area contributed by atoms with Crippen LogP contribution in [-0.4, -0.2) is 22.2 Å². The number of hydrogen-bond acceptors (Lipinski definition) is 4. The van der Waals surface area contributed by atoms with Gasteiger partial charge in [-0.15, -0.1) is 23.1 Å². The minimum atomic E-state index is -0.916. The molecule has 1 heterocycles. The van der Waals surface area contributed by atoms with Crippen molar-refractivity contribution in [3.63, 3.8) is 0 Å². The number of aliphatic carboxylic acids is 1. The van der Waals surface area contributed by atoms with Gasteiger partial charge in [-0.25, -0.2) is 4.79 Å². The van der Waals surface area contributed by atoms with Crippen molar-refractivity contribution in [2.75, 3.05) is 0 Å². The van der Waals surface area contributed by atoms with Crippen molar-refractivity contribution < 1.29 is 19.8 Å². The summed E-state index contributed by atoms with van der Waals surface area (Å²) in [5, 5.41) is 18.3. The summed E-state index contributed by atoms with van der Waals surface area (Å²) in [4.78, 5) is 25.8. The zero-order valence-electron chi connectivity index (χ0n) is 19.8. The molecule has 6 heteroatoms. The summed E-state index contributed by atoms with van der Waals surface area (Å²) >= 11 is 3.62. The lowest BCUT2D eigenvalue weighted by molar-refractivity contribution is -0.137. The summed E-state index contributed by atoms with van der Waals surface area (Å²) in [5.41, 5.74) is 0.293. The van der Waals surface area contributed by atoms with E-state index in [4.69, 9.17) is 10.2 Å². The van der Waals surface area contributed by atoms with Gasteiger partial charge in [0.15, 0.2) is 0 Å². The number of rotatable bonds is 18. The smallest absolute Gasteiger partial charge is 0.335 e. The van der Waals surface area contributed by atoms with Crippen LogP contribution in [0.2, 0.25) is 0 Å². The molecule has 1 unspecified atom stereocenters. The number of unbranched alkanes of at least 4 members (excludes halogenated alkanes) is 8. The summed E-state index contributed by atoms with van der Waals surface area (Å²) in [6.07, 6.45) is 14.4. The van der Waals surface area contributed by atoms with Crippen LogP contribution in [0.3, 0.4) is 0 Å². The van der Waals surface area contributed by atoms with Crippen molar-refractivity contribution in [2.24, 2.45) is 0 Å². The predicted octanol–water partition coefficient (Wildman–Crippen LogP) is 8.61. The molecule has 0 fully saturated rings. The first-order valence-electron chi connectivity index (χ1n) is 12.3. The van der Waals surface area contributed by atoms with Crippen LogP contribution < -0.4 is 0 Å². The molecule has 0 aliphatic heterocycles. The fourth-order valence-corrected chi connectivity index (χ4v) is 6.30. The molecule has 2 N–H and O–H groups in total. The predicted molar refractivity (Wildman–Crippen MR) is 139 cm³/mol. The normalized spacial score (nSPS) is 12.0. The molecule has 0 radical (unpaired) electrons. The molecule has 2 aromatic rings. The van der Waals surface area contributed by atoms with E-state index in [-0.39, 0.29) is 11.7 Å². The molecule has 0 bridgehead atoms. The molecule has 0 saturated carbocycles. The Kier molecular flexibility index (Phi) is 13.3. The molecular weight excluding hydrogens is 452 g/mol. The Morgan fingerprint density at radius 2 is 1.52 bits per heavy atom. The number of aryl methyl sites for hydroxylation is 1. The number of carboxylic acids is 2. The lowest BCUT2D eigenvalue weighted by Gasteiger charge is -2.15. The van der Waals surface area contributed by atoms with Gasteiger partial charge < -0.3 is 10.2 Å². The number of thiophene rings is 1. The summed E-state index contributed by atoms with van der Waals surface area (Å²) in [7, 11) is 0. The molecule has 1 aromatic carbocycles. The highest BCUT2D eigenvalue weighted by Gasteiger charge is 2.16. The molecule has 1 atom stereocenters. The van der Waals surface area contributed by atoms with Gasteiger partial charge in [-0.2, -0.15) is 0 Å². The summed E-state index contributed by atoms with van der Waals surface area (Å²) < 4.78 is 0. The first kappa shape index (κ1) is 27.5. The molecule has 0 spiro atoms. The second kappa shape index (κ2) is 15.9. The second-order valence-electron chi connectivity index (χ2n) is 8.60. The maximum Gasteiger partial charge on any atom is 0.335 e. The second-order valence-corrected chi connectivity index (χ2v) is 11.1. The fourth-order valence-electron chi connectivity index (χ4n) is 3.84. The number of carboxylic acid groups (broad SMARTS) is 2. The van der Waals surface area contributed by atoms with Crippen molar-refractivity contribution in [1.82, 2.24) is 0 Å².